The summed E-state index contributed by atoms with van der Waals surface area (Å²) in [5.74, 6) is 0. The fourth-order valence-electron chi connectivity index (χ4n) is 0.866. The van der Waals surface area contributed by atoms with Gasteiger partial charge in [-0.3, -0.25) is 0 Å². The fourth-order valence-corrected chi connectivity index (χ4v) is 2.60. The van der Waals surface area contributed by atoms with E-state index in [-0.39, 0.29) is 10.2 Å². The molecule has 0 aliphatic carbocycles. The van der Waals surface area contributed by atoms with Crippen LogP contribution in [0.2, 0.25) is 18.1 Å². The third-order valence-electron chi connectivity index (χ3n) is 1.73. The zero-order valence-corrected chi connectivity index (χ0v) is 6.85. The minimum atomic E-state index is -0.171. The number of hydrogen-bond acceptors (Lipinski definition) is 0. The second kappa shape index (κ2) is 4.38. The van der Waals surface area contributed by atoms with Crippen molar-refractivity contribution >= 4 is 8.80 Å². The largest absolute Gasteiger partial charge is 1.00 e. The highest BCUT2D eigenvalue weighted by atomic mass is 28.3. The topological polar surface area (TPSA) is 0 Å². The van der Waals surface area contributed by atoms with Crippen LogP contribution in [0.15, 0.2) is 0 Å². The van der Waals surface area contributed by atoms with Crippen LogP contribution in [-0.4, -0.2) is 8.80 Å². The molecule has 0 unspecified atom stereocenters. The van der Waals surface area contributed by atoms with Gasteiger partial charge in [-0.05, 0) is 0 Å². The molecule has 0 aromatic carbocycles. The number of rotatable bonds is 3. The van der Waals surface area contributed by atoms with Gasteiger partial charge in [0.2, 0.25) is 0 Å². The minimum Gasteiger partial charge on any atom is -1.00 e. The molecule has 0 saturated carbocycles. The molecule has 0 aliphatic rings. The van der Waals surface area contributed by atoms with E-state index in [1.807, 2.05) is 0 Å². The standard InChI is InChI=1S/C6H16Si.H/c1-4-7(5-2)6-3;/h7H,4-6H2,1-3H3;/q;-1. The van der Waals surface area contributed by atoms with Gasteiger partial charge in [0, 0.05) is 8.80 Å². The van der Waals surface area contributed by atoms with Crippen molar-refractivity contribution in [3.63, 3.8) is 0 Å². The maximum atomic E-state index is 2.32. The Hall–Kier alpha value is 0.217. The molecule has 0 radical (unpaired) electrons. The first kappa shape index (κ1) is 7.22. The van der Waals surface area contributed by atoms with Crippen LogP contribution in [0.5, 0.6) is 0 Å². The molecule has 0 saturated heterocycles. The van der Waals surface area contributed by atoms with Crippen LogP contribution in [0.3, 0.4) is 0 Å². The van der Waals surface area contributed by atoms with E-state index in [0.29, 0.717) is 0 Å². The Morgan fingerprint density at radius 1 is 1.00 bits per heavy atom. The van der Waals surface area contributed by atoms with Gasteiger partial charge in [-0.15, -0.1) is 0 Å². The van der Waals surface area contributed by atoms with Crippen molar-refractivity contribution in [1.82, 2.24) is 0 Å². The summed E-state index contributed by atoms with van der Waals surface area (Å²) >= 11 is 0. The van der Waals surface area contributed by atoms with Crippen molar-refractivity contribution in [3.05, 3.63) is 0 Å². The van der Waals surface area contributed by atoms with Crippen LogP contribution in [0.1, 0.15) is 22.2 Å². The quantitative estimate of drug-likeness (QED) is 0.498. The Kier molecular flexibility index (Phi) is 4.51. The van der Waals surface area contributed by atoms with Gasteiger partial charge in [0.25, 0.3) is 0 Å². The lowest BCUT2D eigenvalue weighted by Gasteiger charge is -2.03. The molecule has 0 nitrogen and oxygen atoms in total. The second-order valence-corrected chi connectivity index (χ2v) is 6.27. The predicted octanol–water partition coefficient (Wildman–Crippen LogP) is 2.39. The van der Waals surface area contributed by atoms with Gasteiger partial charge in [0.05, 0.1) is 0 Å². The fraction of sp³-hybridized carbons (Fsp3) is 1.00. The highest BCUT2D eigenvalue weighted by Crippen LogP contribution is 2.01. The lowest BCUT2D eigenvalue weighted by molar-refractivity contribution is 1.24. The summed E-state index contributed by atoms with van der Waals surface area (Å²) in [6, 6.07) is 4.48. The van der Waals surface area contributed by atoms with Gasteiger partial charge in [-0.1, -0.05) is 38.9 Å². The molecule has 0 bridgehead atoms. The van der Waals surface area contributed by atoms with Crippen molar-refractivity contribution in [1.29, 1.82) is 0 Å². The third-order valence-corrected chi connectivity index (χ3v) is 5.20. The molecule has 46 valence electrons. The van der Waals surface area contributed by atoms with Crippen molar-refractivity contribution in [2.45, 2.75) is 38.9 Å². The monoisotopic (exact) mass is 117 g/mol. The van der Waals surface area contributed by atoms with Gasteiger partial charge in [0.1, 0.15) is 0 Å². The Balaban J connectivity index is 0. The van der Waals surface area contributed by atoms with E-state index >= 15 is 0 Å². The molecular weight excluding hydrogens is 100 g/mol. The van der Waals surface area contributed by atoms with E-state index < -0.39 is 0 Å². The second-order valence-electron chi connectivity index (χ2n) is 2.09. The molecule has 0 fully saturated rings. The van der Waals surface area contributed by atoms with Gasteiger partial charge in [-0.2, -0.15) is 0 Å². The van der Waals surface area contributed by atoms with Crippen LogP contribution >= 0.6 is 0 Å². The first-order chi connectivity index (χ1) is 3.35. The molecule has 0 spiro atoms. The molecule has 7 heavy (non-hydrogen) atoms. The zero-order valence-electron chi connectivity index (χ0n) is 6.70. The van der Waals surface area contributed by atoms with Crippen LogP contribution in [0.4, 0.5) is 0 Å². The summed E-state index contributed by atoms with van der Waals surface area (Å²) < 4.78 is 0. The average Bonchev–Trinajstić information content (AvgIpc) is 1.72. The predicted molar refractivity (Wildman–Crippen MR) is 39.7 cm³/mol. The van der Waals surface area contributed by atoms with Crippen LogP contribution in [0.25, 0.3) is 0 Å². The van der Waals surface area contributed by atoms with E-state index in [2.05, 4.69) is 20.8 Å². The van der Waals surface area contributed by atoms with Gasteiger partial charge in [0.15, 0.2) is 0 Å². The van der Waals surface area contributed by atoms with Gasteiger partial charge in [-0.25, -0.2) is 0 Å². The highest BCUT2D eigenvalue weighted by Gasteiger charge is 1.98. The normalized spacial score (nSPS) is 10.3. The molecule has 1 heteroatoms. The van der Waals surface area contributed by atoms with E-state index in [9.17, 15) is 0 Å². The summed E-state index contributed by atoms with van der Waals surface area (Å²) in [6.07, 6.45) is 0. The molecule has 0 rings (SSSR count). The smallest absolute Gasteiger partial charge is 0.0359 e. The molecule has 0 aromatic heterocycles. The van der Waals surface area contributed by atoms with E-state index in [4.69, 9.17) is 0 Å². The van der Waals surface area contributed by atoms with Crippen LogP contribution < -0.4 is 0 Å². The zero-order chi connectivity index (χ0) is 5.70. The highest BCUT2D eigenvalue weighted by molar-refractivity contribution is 6.58. The first-order valence-corrected chi connectivity index (χ1v) is 5.80. The third kappa shape index (κ3) is 2.86. The molecule has 0 N–H and O–H groups in total. The Morgan fingerprint density at radius 2 is 1.29 bits per heavy atom. The van der Waals surface area contributed by atoms with Gasteiger partial charge >= 0.3 is 0 Å². The maximum Gasteiger partial charge on any atom is 0.0359 e. The summed E-state index contributed by atoms with van der Waals surface area (Å²) in [5, 5.41) is 0. The van der Waals surface area contributed by atoms with E-state index in [0.717, 1.165) is 0 Å². The van der Waals surface area contributed by atoms with Crippen LogP contribution in [0, 0.1) is 0 Å². The summed E-state index contributed by atoms with van der Waals surface area (Å²) in [5.41, 5.74) is 0. The van der Waals surface area contributed by atoms with Crippen molar-refractivity contribution < 1.29 is 1.43 Å². The summed E-state index contributed by atoms with van der Waals surface area (Å²) in [7, 11) is -0.171. The molecule has 0 aromatic rings. The first-order valence-electron chi connectivity index (χ1n) is 3.35. The Bertz CT molecular complexity index is 30.0. The molecule has 0 amide bonds. The van der Waals surface area contributed by atoms with E-state index in [1.54, 1.807) is 0 Å². The molecule has 0 atom stereocenters. The van der Waals surface area contributed by atoms with E-state index in [1.165, 1.54) is 18.1 Å². The maximum absolute atomic E-state index is 2.32. The summed E-state index contributed by atoms with van der Waals surface area (Å²) in [4.78, 5) is 0. The van der Waals surface area contributed by atoms with Crippen molar-refractivity contribution in [3.8, 4) is 0 Å². The van der Waals surface area contributed by atoms with Crippen LogP contribution in [-0.2, 0) is 0 Å². The summed E-state index contributed by atoms with van der Waals surface area (Å²) in [6.45, 7) is 6.97. The van der Waals surface area contributed by atoms with Gasteiger partial charge < -0.3 is 1.43 Å². The minimum absolute atomic E-state index is 0. The lowest BCUT2D eigenvalue weighted by atomic mass is 10.9. The van der Waals surface area contributed by atoms with Crippen molar-refractivity contribution in [2.75, 3.05) is 0 Å². The number of hydrogen-bond donors (Lipinski definition) is 0. The SMILES string of the molecule is CC[SiH](CC)CC.[H-]. The van der Waals surface area contributed by atoms with Crippen molar-refractivity contribution in [2.24, 2.45) is 0 Å². The molecule has 0 aliphatic heterocycles. The molecule has 0 heterocycles. The average molecular weight is 117 g/mol. The lowest BCUT2D eigenvalue weighted by Crippen LogP contribution is -2.04. The Labute approximate surface area is 50.0 Å². The Morgan fingerprint density at radius 3 is 1.29 bits per heavy atom. The molecular formula is C6H17Si-.